The normalized spacial score (nSPS) is 16.0. The molecule has 2 aromatic rings. The van der Waals surface area contributed by atoms with Crippen molar-refractivity contribution in [2.24, 2.45) is 0 Å². The summed E-state index contributed by atoms with van der Waals surface area (Å²) in [6.07, 6.45) is 2.25. The smallest absolute Gasteiger partial charge is 0.142 e. The average molecular weight is 295 g/mol. The first-order chi connectivity index (χ1) is 10.4. The predicted molar refractivity (Wildman–Crippen MR) is 91.0 cm³/mol. The lowest BCUT2D eigenvalue weighted by Crippen LogP contribution is -2.41. The van der Waals surface area contributed by atoms with Gasteiger partial charge in [-0.15, -0.1) is 0 Å². The first-order valence-corrected chi connectivity index (χ1v) is 7.40. The second kappa shape index (κ2) is 5.09. The van der Waals surface area contributed by atoms with E-state index >= 15 is 0 Å². The zero-order valence-electron chi connectivity index (χ0n) is 13.4. The Hall–Kier alpha value is -2.42. The molecule has 0 radical (unpaired) electrons. The molecular formula is C19H21NO2. The van der Waals surface area contributed by atoms with Crippen LogP contribution >= 0.6 is 0 Å². The van der Waals surface area contributed by atoms with Gasteiger partial charge in [0.2, 0.25) is 0 Å². The molecule has 3 rings (SSSR count). The van der Waals surface area contributed by atoms with E-state index in [1.165, 1.54) is 11.1 Å². The summed E-state index contributed by atoms with van der Waals surface area (Å²) in [5.41, 5.74) is 4.22. The number of benzene rings is 2. The minimum absolute atomic E-state index is 0.223. The van der Waals surface area contributed by atoms with Crippen molar-refractivity contribution in [3.05, 3.63) is 54.1 Å². The van der Waals surface area contributed by atoms with Crippen LogP contribution in [-0.2, 0) is 0 Å². The fourth-order valence-electron chi connectivity index (χ4n) is 3.28. The molecule has 1 aliphatic heterocycles. The number of hydrogen-bond donors (Lipinski definition) is 1. The van der Waals surface area contributed by atoms with E-state index in [9.17, 15) is 5.11 Å². The Morgan fingerprint density at radius 3 is 2.50 bits per heavy atom. The van der Waals surface area contributed by atoms with E-state index in [1.807, 2.05) is 12.1 Å². The Morgan fingerprint density at radius 2 is 1.77 bits per heavy atom. The molecule has 0 fully saturated rings. The molecule has 2 aromatic carbocycles. The number of para-hydroxylation sites is 1. The number of phenolic OH excluding ortho intramolecular Hbond substituents is 1. The van der Waals surface area contributed by atoms with Gasteiger partial charge < -0.3 is 14.7 Å². The van der Waals surface area contributed by atoms with Crippen LogP contribution in [0.2, 0.25) is 0 Å². The van der Waals surface area contributed by atoms with Crippen LogP contribution in [0.3, 0.4) is 0 Å². The fourth-order valence-corrected chi connectivity index (χ4v) is 3.28. The summed E-state index contributed by atoms with van der Waals surface area (Å²) in [7, 11) is 1.65. The van der Waals surface area contributed by atoms with Gasteiger partial charge in [-0.25, -0.2) is 0 Å². The number of ether oxygens (including phenoxy) is 1. The molecule has 1 N–H and O–H groups in total. The van der Waals surface area contributed by atoms with E-state index in [0.717, 1.165) is 17.1 Å². The van der Waals surface area contributed by atoms with Gasteiger partial charge in [-0.3, -0.25) is 0 Å². The number of anilines is 2. The quantitative estimate of drug-likeness (QED) is 0.869. The molecule has 22 heavy (non-hydrogen) atoms. The van der Waals surface area contributed by atoms with Gasteiger partial charge in [-0.1, -0.05) is 24.3 Å². The lowest BCUT2D eigenvalue weighted by molar-refractivity contribution is 0.410. The van der Waals surface area contributed by atoms with Crippen molar-refractivity contribution in [2.45, 2.75) is 26.3 Å². The Labute approximate surface area is 131 Å². The third kappa shape index (κ3) is 2.23. The number of aromatic hydroxyl groups is 1. The maximum Gasteiger partial charge on any atom is 0.142 e. The molecule has 0 saturated heterocycles. The Bertz CT molecular complexity index is 747. The van der Waals surface area contributed by atoms with E-state index in [2.05, 4.69) is 43.9 Å². The molecule has 3 heteroatoms. The molecule has 114 valence electrons. The van der Waals surface area contributed by atoms with Crippen LogP contribution in [0.1, 0.15) is 26.3 Å². The van der Waals surface area contributed by atoms with Crippen molar-refractivity contribution in [3.8, 4) is 11.5 Å². The third-order valence-electron chi connectivity index (χ3n) is 4.12. The minimum Gasteiger partial charge on any atom is -0.508 e. The number of rotatable bonds is 2. The molecule has 0 unspecified atom stereocenters. The Balaban J connectivity index is 2.28. The zero-order chi connectivity index (χ0) is 15.9. The average Bonchev–Trinajstić information content (AvgIpc) is 2.46. The van der Waals surface area contributed by atoms with Gasteiger partial charge in [-0.05, 0) is 44.5 Å². The van der Waals surface area contributed by atoms with Gasteiger partial charge in [0.1, 0.15) is 11.5 Å². The fraction of sp³-hybridized carbons (Fsp3) is 0.263. The van der Waals surface area contributed by atoms with Crippen LogP contribution in [0.25, 0.3) is 5.57 Å². The topological polar surface area (TPSA) is 32.7 Å². The minimum atomic E-state index is -0.223. The van der Waals surface area contributed by atoms with E-state index in [4.69, 9.17) is 4.74 Å². The van der Waals surface area contributed by atoms with Gasteiger partial charge in [-0.2, -0.15) is 0 Å². The first-order valence-electron chi connectivity index (χ1n) is 7.40. The number of phenols is 1. The summed E-state index contributed by atoms with van der Waals surface area (Å²) >= 11 is 0. The first kappa shape index (κ1) is 14.5. The second-order valence-electron chi connectivity index (χ2n) is 6.19. The van der Waals surface area contributed by atoms with Gasteiger partial charge in [0.25, 0.3) is 0 Å². The number of allylic oxidation sites excluding steroid dienone is 1. The Kier molecular flexibility index (Phi) is 3.36. The van der Waals surface area contributed by atoms with Crippen LogP contribution in [0.4, 0.5) is 11.4 Å². The molecular weight excluding hydrogens is 274 g/mol. The second-order valence-corrected chi connectivity index (χ2v) is 6.19. The standard InChI is InChI=1S/C19H21NO2/c1-13-12-19(2,3)20(16-8-6-5-7-15(13)16)17-11-14(21)9-10-18(17)22-4/h5-12,21H,1-4H3. The molecule has 3 nitrogen and oxygen atoms in total. The van der Waals surface area contributed by atoms with Crippen molar-refractivity contribution in [2.75, 3.05) is 12.0 Å². The van der Waals surface area contributed by atoms with Crippen molar-refractivity contribution in [3.63, 3.8) is 0 Å². The summed E-state index contributed by atoms with van der Waals surface area (Å²) in [4.78, 5) is 2.22. The van der Waals surface area contributed by atoms with E-state index in [1.54, 1.807) is 25.3 Å². The van der Waals surface area contributed by atoms with E-state index in [0.29, 0.717) is 0 Å². The van der Waals surface area contributed by atoms with E-state index < -0.39 is 0 Å². The monoisotopic (exact) mass is 295 g/mol. The molecule has 0 saturated carbocycles. The maximum absolute atomic E-state index is 9.94. The van der Waals surface area contributed by atoms with Crippen LogP contribution in [-0.4, -0.2) is 17.8 Å². The van der Waals surface area contributed by atoms with Crippen LogP contribution in [0.15, 0.2) is 48.5 Å². The highest BCUT2D eigenvalue weighted by Gasteiger charge is 2.33. The molecule has 0 spiro atoms. The van der Waals surface area contributed by atoms with E-state index in [-0.39, 0.29) is 11.3 Å². The van der Waals surface area contributed by atoms with Gasteiger partial charge in [0, 0.05) is 17.3 Å². The van der Waals surface area contributed by atoms with Gasteiger partial charge in [0.05, 0.1) is 18.3 Å². The zero-order valence-corrected chi connectivity index (χ0v) is 13.4. The number of fused-ring (bicyclic) bond motifs is 1. The number of methoxy groups -OCH3 is 1. The number of nitrogens with zero attached hydrogens (tertiary/aromatic N) is 1. The molecule has 0 aromatic heterocycles. The highest BCUT2D eigenvalue weighted by atomic mass is 16.5. The number of hydrogen-bond acceptors (Lipinski definition) is 3. The van der Waals surface area contributed by atoms with Crippen LogP contribution < -0.4 is 9.64 Å². The lowest BCUT2D eigenvalue weighted by atomic mass is 9.88. The van der Waals surface area contributed by atoms with Crippen molar-refractivity contribution < 1.29 is 9.84 Å². The van der Waals surface area contributed by atoms with Gasteiger partial charge >= 0.3 is 0 Å². The lowest BCUT2D eigenvalue weighted by Gasteiger charge is -2.43. The van der Waals surface area contributed by atoms with Crippen molar-refractivity contribution in [1.29, 1.82) is 0 Å². The molecule has 0 atom stereocenters. The summed E-state index contributed by atoms with van der Waals surface area (Å²) < 4.78 is 5.52. The van der Waals surface area contributed by atoms with Gasteiger partial charge in [0.15, 0.2) is 0 Å². The molecule has 1 heterocycles. The molecule has 0 bridgehead atoms. The highest BCUT2D eigenvalue weighted by Crippen LogP contribution is 2.47. The summed E-state index contributed by atoms with van der Waals surface area (Å²) in [6.45, 7) is 6.46. The third-order valence-corrected chi connectivity index (χ3v) is 4.12. The highest BCUT2D eigenvalue weighted by molar-refractivity contribution is 5.87. The van der Waals surface area contributed by atoms with Crippen LogP contribution in [0.5, 0.6) is 11.5 Å². The van der Waals surface area contributed by atoms with Crippen LogP contribution in [0, 0.1) is 0 Å². The van der Waals surface area contributed by atoms with Crippen molar-refractivity contribution in [1.82, 2.24) is 0 Å². The SMILES string of the molecule is COc1ccc(O)cc1N1c2ccccc2C(C)=CC1(C)C. The maximum atomic E-state index is 9.94. The predicted octanol–water partition coefficient (Wildman–Crippen LogP) is 4.73. The largest absolute Gasteiger partial charge is 0.508 e. The summed E-state index contributed by atoms with van der Waals surface area (Å²) in [5, 5.41) is 9.94. The summed E-state index contributed by atoms with van der Waals surface area (Å²) in [5.74, 6) is 0.976. The molecule has 1 aliphatic rings. The summed E-state index contributed by atoms with van der Waals surface area (Å²) in [6, 6.07) is 13.5. The van der Waals surface area contributed by atoms with Crippen molar-refractivity contribution >= 4 is 16.9 Å². The molecule has 0 aliphatic carbocycles. The Morgan fingerprint density at radius 1 is 1.05 bits per heavy atom. The molecule has 0 amide bonds.